The normalized spacial score (nSPS) is 24.6. The predicted octanol–water partition coefficient (Wildman–Crippen LogP) is 0.375. The fourth-order valence-corrected chi connectivity index (χ4v) is 4.08. The first-order chi connectivity index (χ1) is 8.93. The highest BCUT2D eigenvalue weighted by Crippen LogP contribution is 2.23. The number of carbonyl (C=O) groups excluding carboxylic acids is 1. The molecule has 0 radical (unpaired) electrons. The van der Waals surface area contributed by atoms with Crippen LogP contribution in [0.4, 0.5) is 0 Å². The molecule has 0 spiro atoms. The molecule has 2 rings (SSSR count). The molecule has 6 heteroatoms. The summed E-state index contributed by atoms with van der Waals surface area (Å²) in [5.41, 5.74) is 6.77. The molecule has 1 aromatic rings. The molecule has 104 valence electrons. The molecular weight excluding hydrogens is 264 g/mol. The van der Waals surface area contributed by atoms with Gasteiger partial charge in [0.1, 0.15) is 6.04 Å². The standard InChI is InChI=1S/C13H18N2O3S/c1-9-4-6-10(7-5-9)19(17,18)11-3-2-8-15-13(16)12(11)14/h4-7,11-12H,2-3,8,14H2,1H3,(H,15,16)/t11-,12?/m0/s1. The van der Waals surface area contributed by atoms with Crippen LogP contribution in [0.2, 0.25) is 0 Å². The fourth-order valence-electron chi connectivity index (χ4n) is 2.23. The predicted molar refractivity (Wildman–Crippen MR) is 72.4 cm³/mol. The van der Waals surface area contributed by atoms with Crippen LogP contribution in [-0.4, -0.2) is 32.2 Å². The summed E-state index contributed by atoms with van der Waals surface area (Å²) in [7, 11) is -3.57. The van der Waals surface area contributed by atoms with Crippen LogP contribution in [0.5, 0.6) is 0 Å². The highest BCUT2D eigenvalue weighted by molar-refractivity contribution is 7.92. The molecule has 1 aliphatic rings. The number of nitrogens with two attached hydrogens (primary N) is 1. The van der Waals surface area contributed by atoms with Gasteiger partial charge in [-0.3, -0.25) is 4.79 Å². The summed E-state index contributed by atoms with van der Waals surface area (Å²) in [5.74, 6) is -0.391. The van der Waals surface area contributed by atoms with Gasteiger partial charge in [-0.25, -0.2) is 8.42 Å². The number of hydrogen-bond acceptors (Lipinski definition) is 4. The monoisotopic (exact) mass is 282 g/mol. The van der Waals surface area contributed by atoms with Gasteiger partial charge in [0.15, 0.2) is 9.84 Å². The first kappa shape index (κ1) is 14.0. The van der Waals surface area contributed by atoms with Gasteiger partial charge in [0.25, 0.3) is 0 Å². The lowest BCUT2D eigenvalue weighted by Gasteiger charge is -2.20. The number of sulfone groups is 1. The summed E-state index contributed by atoms with van der Waals surface area (Å²) in [6, 6.07) is 5.62. The van der Waals surface area contributed by atoms with Crippen molar-refractivity contribution in [3.8, 4) is 0 Å². The molecule has 3 N–H and O–H groups in total. The fraction of sp³-hybridized carbons (Fsp3) is 0.462. The smallest absolute Gasteiger partial charge is 0.238 e. The van der Waals surface area contributed by atoms with E-state index in [-0.39, 0.29) is 4.90 Å². The molecule has 2 atom stereocenters. The second-order valence-electron chi connectivity index (χ2n) is 4.86. The Hall–Kier alpha value is -1.40. The molecule has 1 heterocycles. The number of nitrogens with one attached hydrogen (secondary N) is 1. The van der Waals surface area contributed by atoms with Gasteiger partial charge in [0.2, 0.25) is 5.91 Å². The maximum absolute atomic E-state index is 12.5. The molecular formula is C13H18N2O3S. The molecule has 0 bridgehead atoms. The lowest BCUT2D eigenvalue weighted by atomic mass is 10.1. The molecule has 19 heavy (non-hydrogen) atoms. The van der Waals surface area contributed by atoms with Gasteiger partial charge in [-0.1, -0.05) is 17.7 Å². The first-order valence-corrected chi connectivity index (χ1v) is 7.81. The topological polar surface area (TPSA) is 89.3 Å². The molecule has 1 unspecified atom stereocenters. The SMILES string of the molecule is Cc1ccc(S(=O)(=O)[C@H]2CCCNC(=O)C2N)cc1. The Balaban J connectivity index is 2.37. The van der Waals surface area contributed by atoms with Crippen molar-refractivity contribution in [3.63, 3.8) is 0 Å². The van der Waals surface area contributed by atoms with Gasteiger partial charge in [-0.2, -0.15) is 0 Å². The molecule has 1 saturated heterocycles. The quantitative estimate of drug-likeness (QED) is 0.820. The maximum atomic E-state index is 12.5. The van der Waals surface area contributed by atoms with Gasteiger partial charge in [0.05, 0.1) is 10.1 Å². The second kappa shape index (κ2) is 5.30. The van der Waals surface area contributed by atoms with Crippen LogP contribution in [-0.2, 0) is 14.6 Å². The van der Waals surface area contributed by atoms with E-state index in [2.05, 4.69) is 5.32 Å². The van der Waals surface area contributed by atoms with Crippen molar-refractivity contribution < 1.29 is 13.2 Å². The molecule has 1 aromatic carbocycles. The van der Waals surface area contributed by atoms with Crippen molar-refractivity contribution in [2.45, 2.75) is 36.0 Å². The van der Waals surface area contributed by atoms with Crippen LogP contribution in [0.3, 0.4) is 0 Å². The Bertz CT molecular complexity index is 566. The average molecular weight is 282 g/mol. The second-order valence-corrected chi connectivity index (χ2v) is 7.02. The Morgan fingerprint density at radius 2 is 1.89 bits per heavy atom. The van der Waals surface area contributed by atoms with Crippen molar-refractivity contribution in [1.82, 2.24) is 5.32 Å². The molecule has 0 saturated carbocycles. The number of hydrogen-bond donors (Lipinski definition) is 2. The van der Waals surface area contributed by atoms with E-state index in [9.17, 15) is 13.2 Å². The summed E-state index contributed by atoms with van der Waals surface area (Å²) in [5, 5.41) is 1.78. The van der Waals surface area contributed by atoms with Crippen LogP contribution < -0.4 is 11.1 Å². The molecule has 5 nitrogen and oxygen atoms in total. The van der Waals surface area contributed by atoms with Gasteiger partial charge in [-0.15, -0.1) is 0 Å². The third-order valence-electron chi connectivity index (χ3n) is 3.42. The van der Waals surface area contributed by atoms with E-state index < -0.39 is 27.0 Å². The van der Waals surface area contributed by atoms with E-state index >= 15 is 0 Å². The highest BCUT2D eigenvalue weighted by Gasteiger charge is 2.37. The van der Waals surface area contributed by atoms with Crippen molar-refractivity contribution in [3.05, 3.63) is 29.8 Å². The summed E-state index contributed by atoms with van der Waals surface area (Å²) in [6.45, 7) is 2.37. The van der Waals surface area contributed by atoms with Crippen LogP contribution in [0.15, 0.2) is 29.2 Å². The Morgan fingerprint density at radius 3 is 2.53 bits per heavy atom. The van der Waals surface area contributed by atoms with Crippen molar-refractivity contribution in [2.24, 2.45) is 5.73 Å². The van der Waals surface area contributed by atoms with E-state index in [1.807, 2.05) is 6.92 Å². The Kier molecular flexibility index (Phi) is 3.91. The number of benzene rings is 1. The van der Waals surface area contributed by atoms with Crippen LogP contribution in [0, 0.1) is 6.92 Å². The maximum Gasteiger partial charge on any atom is 0.238 e. The zero-order valence-electron chi connectivity index (χ0n) is 10.8. The minimum absolute atomic E-state index is 0.230. The number of amides is 1. The minimum atomic E-state index is -3.57. The van der Waals surface area contributed by atoms with Gasteiger partial charge >= 0.3 is 0 Å². The molecule has 1 fully saturated rings. The third kappa shape index (κ3) is 2.79. The lowest BCUT2D eigenvalue weighted by molar-refractivity contribution is -0.121. The number of rotatable bonds is 2. The largest absolute Gasteiger partial charge is 0.355 e. The van der Waals surface area contributed by atoms with E-state index in [4.69, 9.17) is 5.73 Å². The molecule has 0 aliphatic carbocycles. The number of carbonyl (C=O) groups is 1. The minimum Gasteiger partial charge on any atom is -0.355 e. The lowest BCUT2D eigenvalue weighted by Crippen LogP contribution is -2.49. The van der Waals surface area contributed by atoms with E-state index in [0.29, 0.717) is 19.4 Å². The summed E-state index contributed by atoms with van der Waals surface area (Å²) >= 11 is 0. The summed E-state index contributed by atoms with van der Waals surface area (Å²) in [4.78, 5) is 11.9. The van der Waals surface area contributed by atoms with E-state index in [1.165, 1.54) is 0 Å². The van der Waals surface area contributed by atoms with E-state index in [1.54, 1.807) is 24.3 Å². The molecule has 1 aliphatic heterocycles. The van der Waals surface area contributed by atoms with Crippen molar-refractivity contribution in [2.75, 3.05) is 6.54 Å². The summed E-state index contributed by atoms with van der Waals surface area (Å²) in [6.07, 6.45) is 1.02. The molecule has 0 aromatic heterocycles. The Labute approximate surface area is 113 Å². The van der Waals surface area contributed by atoms with Crippen LogP contribution in [0.25, 0.3) is 0 Å². The van der Waals surface area contributed by atoms with E-state index in [0.717, 1.165) is 5.56 Å². The van der Waals surface area contributed by atoms with Crippen molar-refractivity contribution in [1.29, 1.82) is 0 Å². The highest BCUT2D eigenvalue weighted by atomic mass is 32.2. The zero-order valence-corrected chi connectivity index (χ0v) is 11.6. The first-order valence-electron chi connectivity index (χ1n) is 6.27. The van der Waals surface area contributed by atoms with Crippen molar-refractivity contribution >= 4 is 15.7 Å². The van der Waals surface area contributed by atoms with Crippen LogP contribution >= 0.6 is 0 Å². The third-order valence-corrected chi connectivity index (χ3v) is 5.67. The Morgan fingerprint density at radius 1 is 1.26 bits per heavy atom. The average Bonchev–Trinajstić information content (AvgIpc) is 2.53. The molecule has 1 amide bonds. The summed E-state index contributed by atoms with van der Waals surface area (Å²) < 4.78 is 25.1. The van der Waals surface area contributed by atoms with Crippen LogP contribution in [0.1, 0.15) is 18.4 Å². The number of aryl methyl sites for hydroxylation is 1. The van der Waals surface area contributed by atoms with Gasteiger partial charge in [0, 0.05) is 6.54 Å². The van der Waals surface area contributed by atoms with Gasteiger partial charge < -0.3 is 11.1 Å². The van der Waals surface area contributed by atoms with Gasteiger partial charge in [-0.05, 0) is 31.9 Å². The zero-order chi connectivity index (χ0) is 14.0.